The molecule has 0 amide bonds. The van der Waals surface area contributed by atoms with Crippen molar-refractivity contribution in [2.45, 2.75) is 98.5 Å². The van der Waals surface area contributed by atoms with Crippen molar-refractivity contribution in [2.24, 2.45) is 0 Å². The van der Waals surface area contributed by atoms with Crippen LogP contribution in [0.5, 0.6) is 17.8 Å². The maximum atomic E-state index is 14.2. The van der Waals surface area contributed by atoms with Crippen LogP contribution in [0.2, 0.25) is 0 Å². The molecule has 1 atom stereocenters. The lowest BCUT2D eigenvalue weighted by molar-refractivity contribution is -0.154. The van der Waals surface area contributed by atoms with Gasteiger partial charge in [-0.05, 0) is 66.2 Å². The van der Waals surface area contributed by atoms with Gasteiger partial charge in [-0.1, -0.05) is 13.8 Å². The molecule has 15 heteroatoms. The number of rotatable bonds is 10. The van der Waals surface area contributed by atoms with Crippen LogP contribution in [0.1, 0.15) is 84.7 Å². The second kappa shape index (κ2) is 15.0. The molecule has 9 nitrogen and oxygen atoms in total. The summed E-state index contributed by atoms with van der Waals surface area (Å²) in [4.78, 5) is 16.2. The first kappa shape index (κ1) is 36.7. The van der Waals surface area contributed by atoms with E-state index in [9.17, 15) is 22.0 Å². The van der Waals surface area contributed by atoms with Gasteiger partial charge in [-0.25, -0.2) is 23.7 Å². The predicted octanol–water partition coefficient (Wildman–Crippen LogP) is 7.46. The summed E-state index contributed by atoms with van der Waals surface area (Å²) in [6, 6.07) is 2.70. The van der Waals surface area contributed by atoms with E-state index in [1.54, 1.807) is 13.0 Å². The minimum Gasteiger partial charge on any atom is -0.471 e. The van der Waals surface area contributed by atoms with Gasteiger partial charge in [0.2, 0.25) is 18.2 Å². The van der Waals surface area contributed by atoms with Crippen LogP contribution in [0.15, 0.2) is 24.7 Å². The van der Waals surface area contributed by atoms with Crippen molar-refractivity contribution in [3.05, 3.63) is 41.6 Å². The van der Waals surface area contributed by atoms with Gasteiger partial charge in [-0.2, -0.15) is 23.3 Å². The van der Waals surface area contributed by atoms with Gasteiger partial charge in [-0.15, -0.1) is 14.0 Å². The predicted molar refractivity (Wildman–Crippen MR) is 159 cm³/mol. The Morgan fingerprint density at radius 3 is 2.11 bits per heavy atom. The van der Waals surface area contributed by atoms with Gasteiger partial charge in [-0.3, -0.25) is 0 Å². The van der Waals surface area contributed by atoms with E-state index in [-0.39, 0.29) is 24.0 Å². The van der Waals surface area contributed by atoms with Gasteiger partial charge in [0, 0.05) is 17.8 Å². The molecule has 0 radical (unpaired) electrons. The van der Waals surface area contributed by atoms with Crippen molar-refractivity contribution in [3.63, 3.8) is 0 Å². The summed E-state index contributed by atoms with van der Waals surface area (Å²) >= 11 is 0. The second-order valence-corrected chi connectivity index (χ2v) is 11.9. The standard InChI is InChI=1S/C27H32F5N6O3P.C2H6/c1-14-15(20(42)9-16(22(28)29)18-10-21(35-13-34-18)39-12-27(30,31)32)8-19(38-37-14)17-11-33-24(41-26(5,6)7)36-23(17)40-25(2,3)4;1-2/h8,10-11,13,16,22,42H,9,12H2,1-7H3;1-2H3. The molecule has 3 heterocycles. The zero-order chi connectivity index (χ0) is 33.5. The lowest BCUT2D eigenvalue weighted by Crippen LogP contribution is -2.26. The van der Waals surface area contributed by atoms with Crippen LogP contribution in [0.3, 0.4) is 0 Å². The Kier molecular flexibility index (Phi) is 12.5. The Balaban J connectivity index is 0.00000330. The fourth-order valence-electron chi connectivity index (χ4n) is 3.55. The third kappa shape index (κ3) is 11.5. The average molecular weight is 645 g/mol. The quantitative estimate of drug-likeness (QED) is 0.164. The Hall–Kier alpha value is -3.54. The smallest absolute Gasteiger partial charge is 0.422 e. The molecule has 0 aliphatic rings. The fraction of sp³-hybridized carbons (Fsp3) is 0.552. The van der Waals surface area contributed by atoms with Crippen molar-refractivity contribution in [2.75, 3.05) is 6.61 Å². The van der Waals surface area contributed by atoms with Gasteiger partial charge in [0.25, 0.3) is 0 Å². The summed E-state index contributed by atoms with van der Waals surface area (Å²) in [6.45, 7) is 15.1. The van der Waals surface area contributed by atoms with Crippen LogP contribution in [0, 0.1) is 6.92 Å². The molecule has 3 rings (SSSR count). The number of halogens is 5. The number of alkyl halides is 5. The molecule has 242 valence electrons. The molecule has 1 unspecified atom stereocenters. The minimum atomic E-state index is -4.61. The van der Waals surface area contributed by atoms with Gasteiger partial charge in [0.1, 0.15) is 23.2 Å². The lowest BCUT2D eigenvalue weighted by atomic mass is 9.95. The first-order valence-electron chi connectivity index (χ1n) is 13.8. The number of nitrogens with zero attached hydrogens (tertiary/aromatic N) is 6. The number of ether oxygens (including phenoxy) is 3. The largest absolute Gasteiger partial charge is 0.471 e. The highest BCUT2D eigenvalue weighted by Crippen LogP contribution is 2.34. The molecular formula is C29H38F5N6O3P. The maximum Gasteiger partial charge on any atom is 0.422 e. The highest BCUT2D eigenvalue weighted by atomic mass is 31.0. The minimum absolute atomic E-state index is 0.0985. The zero-order valence-corrected chi connectivity index (χ0v) is 27.2. The number of hydrogen-bond donors (Lipinski definition) is 0. The maximum absolute atomic E-state index is 14.2. The van der Waals surface area contributed by atoms with Crippen LogP contribution < -0.4 is 14.2 Å². The molecule has 3 aromatic heterocycles. The van der Waals surface area contributed by atoms with Crippen molar-refractivity contribution < 1.29 is 36.2 Å². The molecular weight excluding hydrogens is 606 g/mol. The van der Waals surface area contributed by atoms with E-state index in [0.29, 0.717) is 27.8 Å². The van der Waals surface area contributed by atoms with Crippen molar-refractivity contribution in [1.82, 2.24) is 30.1 Å². The average Bonchev–Trinajstić information content (AvgIpc) is 2.90. The Bertz CT molecular complexity index is 1410. The molecule has 0 aromatic carbocycles. The summed E-state index contributed by atoms with van der Waals surface area (Å²) in [5.74, 6) is -1.77. The van der Waals surface area contributed by atoms with E-state index in [0.717, 1.165) is 12.4 Å². The van der Waals surface area contributed by atoms with Crippen LogP contribution in [-0.4, -0.2) is 65.8 Å². The molecule has 3 aromatic rings. The van der Waals surface area contributed by atoms with Gasteiger partial charge >= 0.3 is 12.2 Å². The third-order valence-corrected chi connectivity index (χ3v) is 5.74. The van der Waals surface area contributed by atoms with Gasteiger partial charge < -0.3 is 14.2 Å². The fourth-order valence-corrected chi connectivity index (χ4v) is 4.02. The summed E-state index contributed by atoms with van der Waals surface area (Å²) in [7, 11) is 3.47. The van der Waals surface area contributed by atoms with Crippen LogP contribution in [0.4, 0.5) is 22.0 Å². The molecule has 0 N–H and O–H groups in total. The van der Waals surface area contributed by atoms with E-state index in [2.05, 4.69) is 43.7 Å². The monoisotopic (exact) mass is 644 g/mol. The molecule has 0 fully saturated rings. The summed E-state index contributed by atoms with van der Waals surface area (Å²) in [5, 5.41) is 8.78. The van der Waals surface area contributed by atoms with Gasteiger partial charge in [0.15, 0.2) is 6.61 Å². The van der Waals surface area contributed by atoms with Crippen molar-refractivity contribution >= 4 is 14.2 Å². The molecule has 0 saturated carbocycles. The number of aryl methyl sites for hydroxylation is 1. The Morgan fingerprint density at radius 2 is 1.55 bits per heavy atom. The van der Waals surface area contributed by atoms with E-state index in [1.165, 1.54) is 6.20 Å². The molecule has 0 aliphatic heterocycles. The van der Waals surface area contributed by atoms with Crippen LogP contribution in [-0.2, 0) is 0 Å². The van der Waals surface area contributed by atoms with Crippen molar-refractivity contribution in [1.29, 1.82) is 0 Å². The topological polar surface area (TPSA) is 105 Å². The van der Waals surface area contributed by atoms with Crippen LogP contribution in [0.25, 0.3) is 11.3 Å². The molecule has 44 heavy (non-hydrogen) atoms. The van der Waals surface area contributed by atoms with Gasteiger partial charge in [0.05, 0.1) is 22.9 Å². The zero-order valence-electron chi connectivity index (χ0n) is 26.2. The summed E-state index contributed by atoms with van der Waals surface area (Å²) < 4.78 is 82.5. The second-order valence-electron chi connectivity index (χ2n) is 11.3. The van der Waals surface area contributed by atoms with E-state index in [1.807, 2.05) is 55.4 Å². The summed E-state index contributed by atoms with van der Waals surface area (Å²) in [6.07, 6.45) is -5.43. The Labute approximate surface area is 256 Å². The number of aromatic nitrogens is 6. The highest BCUT2D eigenvalue weighted by Gasteiger charge is 2.30. The molecule has 0 aliphatic carbocycles. The number of hydrogen-bond acceptors (Lipinski definition) is 9. The third-order valence-electron chi connectivity index (χ3n) is 5.27. The SMILES string of the molecule is CC.Cc1nnc(-c2cnc(OC(C)(C)C)nc2OC(C)(C)C)cc1C(=P)CC(c1cc(OCC(F)(F)F)ncn1)C(F)F. The van der Waals surface area contributed by atoms with E-state index >= 15 is 0 Å². The summed E-state index contributed by atoms with van der Waals surface area (Å²) in [5.41, 5.74) is 0.213. The van der Waals surface area contributed by atoms with E-state index < -0.39 is 42.2 Å². The van der Waals surface area contributed by atoms with E-state index in [4.69, 9.17) is 9.47 Å². The van der Waals surface area contributed by atoms with Crippen LogP contribution >= 0.6 is 8.86 Å². The first-order valence-corrected chi connectivity index (χ1v) is 14.3. The van der Waals surface area contributed by atoms with Crippen molar-refractivity contribution in [3.8, 4) is 29.0 Å². The molecule has 0 spiro atoms. The normalized spacial score (nSPS) is 12.7. The Morgan fingerprint density at radius 1 is 0.909 bits per heavy atom. The first-order chi connectivity index (χ1) is 20.3. The lowest BCUT2D eigenvalue weighted by Gasteiger charge is -2.24. The highest BCUT2D eigenvalue weighted by molar-refractivity contribution is 7.22. The molecule has 0 saturated heterocycles. The molecule has 0 bridgehead atoms.